The van der Waals surface area contributed by atoms with Gasteiger partial charge in [-0.25, -0.2) is 0 Å². The molecule has 1 saturated carbocycles. The Morgan fingerprint density at radius 3 is 2.65 bits per heavy atom. The van der Waals surface area contributed by atoms with E-state index < -0.39 is 0 Å². The zero-order valence-electron chi connectivity index (χ0n) is 12.8. The lowest BCUT2D eigenvalue weighted by Gasteiger charge is -2.39. The molecule has 0 aromatic carbocycles. The molecule has 4 nitrogen and oxygen atoms in total. The van der Waals surface area contributed by atoms with Crippen LogP contribution in [0, 0.1) is 5.92 Å². The highest BCUT2D eigenvalue weighted by Crippen LogP contribution is 2.31. The zero-order valence-corrected chi connectivity index (χ0v) is 12.8. The van der Waals surface area contributed by atoms with Gasteiger partial charge in [-0.05, 0) is 57.4 Å². The molecule has 20 heavy (non-hydrogen) atoms. The van der Waals surface area contributed by atoms with Crippen molar-refractivity contribution in [3.63, 3.8) is 0 Å². The summed E-state index contributed by atoms with van der Waals surface area (Å²) in [6, 6.07) is 0.506. The molecule has 4 heteroatoms. The summed E-state index contributed by atoms with van der Waals surface area (Å²) in [4.78, 5) is 12.1. The number of hydrogen-bond acceptors (Lipinski definition) is 3. The zero-order chi connectivity index (χ0) is 14.4. The highest BCUT2D eigenvalue weighted by atomic mass is 16.3. The Labute approximate surface area is 122 Å². The van der Waals surface area contributed by atoms with Crippen molar-refractivity contribution >= 4 is 5.91 Å². The molecule has 0 radical (unpaired) electrons. The fourth-order valence-electron chi connectivity index (χ4n) is 3.47. The normalized spacial score (nSPS) is 34.7. The van der Waals surface area contributed by atoms with Crippen molar-refractivity contribution in [2.24, 2.45) is 5.92 Å². The second-order valence-electron chi connectivity index (χ2n) is 6.85. The van der Waals surface area contributed by atoms with Crippen molar-refractivity contribution in [1.82, 2.24) is 10.6 Å². The molecule has 1 aliphatic carbocycles. The van der Waals surface area contributed by atoms with Gasteiger partial charge in [-0.3, -0.25) is 4.79 Å². The van der Waals surface area contributed by atoms with E-state index in [-0.39, 0.29) is 18.1 Å². The fourth-order valence-corrected chi connectivity index (χ4v) is 3.47. The molecular weight excluding hydrogens is 252 g/mol. The van der Waals surface area contributed by atoms with Gasteiger partial charge in [0.25, 0.3) is 0 Å². The van der Waals surface area contributed by atoms with Gasteiger partial charge in [0.05, 0.1) is 12.1 Å². The predicted molar refractivity (Wildman–Crippen MR) is 80.5 cm³/mol. The Morgan fingerprint density at radius 1 is 1.30 bits per heavy atom. The number of piperidine rings is 1. The van der Waals surface area contributed by atoms with Crippen LogP contribution in [-0.2, 0) is 4.79 Å². The van der Waals surface area contributed by atoms with Crippen molar-refractivity contribution < 1.29 is 9.90 Å². The number of aliphatic hydroxyl groups is 1. The van der Waals surface area contributed by atoms with E-state index in [1.165, 1.54) is 19.3 Å². The standard InChI is InChI=1S/C16H30N2O2/c1-13-7-9-16(12-19,10-8-13)18-15(20)6-5-14-4-2-3-11-17-14/h13-14,17,19H,2-12H2,1H3,(H,18,20). The number of aliphatic hydroxyl groups excluding tert-OH is 1. The summed E-state index contributed by atoms with van der Waals surface area (Å²) in [7, 11) is 0. The third-order valence-electron chi connectivity index (χ3n) is 5.07. The molecule has 3 N–H and O–H groups in total. The first-order valence-corrected chi connectivity index (χ1v) is 8.29. The van der Waals surface area contributed by atoms with Crippen LogP contribution in [0.2, 0.25) is 0 Å². The van der Waals surface area contributed by atoms with E-state index >= 15 is 0 Å². The maximum Gasteiger partial charge on any atom is 0.220 e. The van der Waals surface area contributed by atoms with E-state index in [0.29, 0.717) is 12.5 Å². The van der Waals surface area contributed by atoms with Crippen LogP contribution in [-0.4, -0.2) is 35.7 Å². The van der Waals surface area contributed by atoms with Gasteiger partial charge in [-0.1, -0.05) is 13.3 Å². The van der Waals surface area contributed by atoms with Crippen molar-refractivity contribution in [2.75, 3.05) is 13.2 Å². The van der Waals surface area contributed by atoms with Gasteiger partial charge in [0.2, 0.25) is 5.91 Å². The lowest BCUT2D eigenvalue weighted by Crippen LogP contribution is -2.53. The second-order valence-corrected chi connectivity index (χ2v) is 6.85. The van der Waals surface area contributed by atoms with Gasteiger partial charge >= 0.3 is 0 Å². The van der Waals surface area contributed by atoms with Crippen molar-refractivity contribution in [2.45, 2.75) is 76.3 Å². The highest BCUT2D eigenvalue weighted by Gasteiger charge is 2.34. The molecule has 116 valence electrons. The van der Waals surface area contributed by atoms with E-state index in [0.717, 1.165) is 44.6 Å². The number of rotatable bonds is 5. The first-order chi connectivity index (χ1) is 9.63. The largest absolute Gasteiger partial charge is 0.394 e. The number of nitrogens with one attached hydrogen (secondary N) is 2. The molecule has 0 aromatic heterocycles. The summed E-state index contributed by atoms with van der Waals surface area (Å²) in [5, 5.41) is 16.3. The van der Waals surface area contributed by atoms with Crippen LogP contribution < -0.4 is 10.6 Å². The first-order valence-electron chi connectivity index (χ1n) is 8.29. The maximum atomic E-state index is 12.1. The SMILES string of the molecule is CC1CCC(CO)(NC(=O)CCC2CCCCN2)CC1. The molecule has 0 spiro atoms. The second kappa shape index (κ2) is 7.41. The molecule has 2 fully saturated rings. The Hall–Kier alpha value is -0.610. The van der Waals surface area contributed by atoms with Crippen LogP contribution >= 0.6 is 0 Å². The third-order valence-corrected chi connectivity index (χ3v) is 5.07. The van der Waals surface area contributed by atoms with E-state index in [1.54, 1.807) is 0 Å². The predicted octanol–water partition coefficient (Wildman–Crippen LogP) is 1.97. The van der Waals surface area contributed by atoms with Crippen LogP contribution in [0.5, 0.6) is 0 Å². The van der Waals surface area contributed by atoms with Gasteiger partial charge in [0, 0.05) is 12.5 Å². The monoisotopic (exact) mass is 282 g/mol. The maximum absolute atomic E-state index is 12.1. The van der Waals surface area contributed by atoms with Gasteiger partial charge in [-0.2, -0.15) is 0 Å². The molecule has 1 amide bonds. The molecule has 1 unspecified atom stereocenters. The summed E-state index contributed by atoms with van der Waals surface area (Å²) in [5.41, 5.74) is -0.344. The fraction of sp³-hybridized carbons (Fsp3) is 0.938. The van der Waals surface area contributed by atoms with E-state index in [1.807, 2.05) is 0 Å². The van der Waals surface area contributed by atoms with E-state index in [2.05, 4.69) is 17.6 Å². The third kappa shape index (κ3) is 4.45. The van der Waals surface area contributed by atoms with Crippen molar-refractivity contribution in [1.29, 1.82) is 0 Å². The van der Waals surface area contributed by atoms with Crippen LogP contribution in [0.3, 0.4) is 0 Å². The molecule has 1 heterocycles. The molecule has 0 bridgehead atoms. The minimum atomic E-state index is -0.344. The lowest BCUT2D eigenvalue weighted by molar-refractivity contribution is -0.124. The molecule has 1 atom stereocenters. The summed E-state index contributed by atoms with van der Waals surface area (Å²) in [6.45, 7) is 3.41. The number of carbonyl (C=O) groups excluding carboxylic acids is 1. The van der Waals surface area contributed by atoms with Gasteiger partial charge < -0.3 is 15.7 Å². The number of carbonyl (C=O) groups is 1. The Balaban J connectivity index is 1.74. The summed E-state index contributed by atoms with van der Waals surface area (Å²) >= 11 is 0. The summed E-state index contributed by atoms with van der Waals surface area (Å²) < 4.78 is 0. The number of amides is 1. The highest BCUT2D eigenvalue weighted by molar-refractivity contribution is 5.76. The minimum Gasteiger partial charge on any atom is -0.394 e. The Kier molecular flexibility index (Phi) is 5.85. The molecular formula is C16H30N2O2. The van der Waals surface area contributed by atoms with E-state index in [4.69, 9.17) is 0 Å². The summed E-state index contributed by atoms with van der Waals surface area (Å²) in [6.07, 6.45) is 9.26. The molecule has 2 aliphatic rings. The van der Waals surface area contributed by atoms with Crippen molar-refractivity contribution in [3.8, 4) is 0 Å². The van der Waals surface area contributed by atoms with Crippen LogP contribution in [0.4, 0.5) is 0 Å². The quantitative estimate of drug-likeness (QED) is 0.722. The molecule has 0 aromatic rings. The minimum absolute atomic E-state index is 0.0765. The topological polar surface area (TPSA) is 61.4 Å². The van der Waals surface area contributed by atoms with Gasteiger partial charge in [0.15, 0.2) is 0 Å². The first kappa shape index (κ1) is 15.8. The van der Waals surface area contributed by atoms with Crippen molar-refractivity contribution in [3.05, 3.63) is 0 Å². The molecule has 1 aliphatic heterocycles. The van der Waals surface area contributed by atoms with Gasteiger partial charge in [0.1, 0.15) is 0 Å². The lowest BCUT2D eigenvalue weighted by atomic mass is 9.77. The molecule has 1 saturated heterocycles. The van der Waals surface area contributed by atoms with E-state index in [9.17, 15) is 9.90 Å². The van der Waals surface area contributed by atoms with Crippen LogP contribution in [0.1, 0.15) is 64.7 Å². The van der Waals surface area contributed by atoms with Gasteiger partial charge in [-0.15, -0.1) is 0 Å². The smallest absolute Gasteiger partial charge is 0.220 e. The Bertz CT molecular complexity index is 306. The van der Waals surface area contributed by atoms with Crippen LogP contribution in [0.15, 0.2) is 0 Å². The Morgan fingerprint density at radius 2 is 2.05 bits per heavy atom. The average Bonchev–Trinajstić information content (AvgIpc) is 2.49. The average molecular weight is 282 g/mol. The molecule has 2 rings (SSSR count). The van der Waals surface area contributed by atoms with Crippen LogP contribution in [0.25, 0.3) is 0 Å². The number of hydrogen-bond donors (Lipinski definition) is 3. The summed E-state index contributed by atoms with van der Waals surface area (Å²) in [5.74, 6) is 0.832.